The van der Waals surface area contributed by atoms with Crippen molar-refractivity contribution in [1.82, 2.24) is 0 Å². The number of hydrogen-bond donors (Lipinski definition) is 3. The van der Waals surface area contributed by atoms with Gasteiger partial charge < -0.3 is 30.3 Å². The lowest BCUT2D eigenvalue weighted by molar-refractivity contribution is 0.0597. The number of aromatic carboxylic acids is 1. The molecule has 49 heavy (non-hydrogen) atoms. The van der Waals surface area contributed by atoms with Crippen molar-refractivity contribution in [1.29, 1.82) is 0 Å². The number of rotatable bonds is 8. The van der Waals surface area contributed by atoms with E-state index < -0.39 is 11.9 Å². The van der Waals surface area contributed by atoms with Crippen molar-refractivity contribution in [2.45, 2.75) is 41.2 Å². The van der Waals surface area contributed by atoms with Crippen LogP contribution in [0.3, 0.4) is 0 Å². The first-order valence-electron chi connectivity index (χ1n) is 13.4. The number of ketones is 2. The summed E-state index contributed by atoms with van der Waals surface area (Å²) in [6.07, 6.45) is 0. The van der Waals surface area contributed by atoms with Crippen molar-refractivity contribution < 1.29 is 53.3 Å². The second-order valence-corrected chi connectivity index (χ2v) is 13.4. The summed E-state index contributed by atoms with van der Waals surface area (Å²) < 4.78 is 13.6. The van der Waals surface area contributed by atoms with Crippen molar-refractivity contribution in [2.75, 3.05) is 21.3 Å². The maximum atomic E-state index is 11.0. The smallest absolute Gasteiger partial charge is 0.348 e. The van der Waals surface area contributed by atoms with Gasteiger partial charge in [-0.3, -0.25) is 9.59 Å². The number of Topliss-reactive ketones (excluding diaryl/α,β-unsaturated/α-hetero) is 2. The first-order valence-corrected chi connectivity index (χ1v) is 16.7. The standard InChI is InChI=1S/C8H9NO3S.C8H11NO2S.C8H8O3S.C7H6O3S.CH4/c1-5(9-11)6-3-4-7(13-6)8(10)12-2;2*1-5(9)6-3-4-7(12-6)8(10)11-2;1-4(8)5-2-3-6(11-5)7(9)10;/h3-4,11H,1-2H3;3-5H,9H2,1-2H3;3-4H,1-2H3;2-3H,1H3,(H,9,10);1H4. The van der Waals surface area contributed by atoms with E-state index in [-0.39, 0.29) is 41.9 Å². The highest BCUT2D eigenvalue weighted by Gasteiger charge is 2.12. The summed E-state index contributed by atoms with van der Waals surface area (Å²) in [5.41, 5.74) is 6.11. The number of thiophene rings is 4. The number of hydrogen-bond acceptors (Lipinski definition) is 16. The van der Waals surface area contributed by atoms with Crippen LogP contribution in [0.25, 0.3) is 0 Å². The molecule has 0 spiro atoms. The highest BCUT2D eigenvalue weighted by Crippen LogP contribution is 2.22. The minimum absolute atomic E-state index is 0. The lowest BCUT2D eigenvalue weighted by atomic mass is 10.3. The molecule has 17 heteroatoms. The number of carboxylic acid groups (broad SMARTS) is 1. The fourth-order valence-electron chi connectivity index (χ4n) is 2.98. The van der Waals surface area contributed by atoms with E-state index in [1.54, 1.807) is 37.3 Å². The second-order valence-electron chi connectivity index (χ2n) is 9.06. The zero-order chi connectivity index (χ0) is 36.6. The molecular formula is C32H38N2O11S4. The summed E-state index contributed by atoms with van der Waals surface area (Å²) in [5, 5.41) is 20.0. The molecule has 4 rings (SSSR count). The van der Waals surface area contributed by atoms with Gasteiger partial charge in [0.15, 0.2) is 11.6 Å². The summed E-state index contributed by atoms with van der Waals surface area (Å²) in [4.78, 5) is 69.4. The van der Waals surface area contributed by atoms with E-state index in [1.807, 2.05) is 13.0 Å². The second kappa shape index (κ2) is 22.2. The molecule has 266 valence electrons. The molecule has 4 aromatic rings. The van der Waals surface area contributed by atoms with Gasteiger partial charge in [-0.05, 0) is 76.2 Å². The Hall–Kier alpha value is -4.55. The Labute approximate surface area is 299 Å². The van der Waals surface area contributed by atoms with Crippen LogP contribution in [-0.2, 0) is 14.2 Å². The maximum absolute atomic E-state index is 11.0. The number of carboxylic acids is 1. The number of nitrogens with two attached hydrogens (primary N) is 1. The molecule has 0 aliphatic heterocycles. The lowest BCUT2D eigenvalue weighted by Gasteiger charge is -1.98. The third-order valence-corrected chi connectivity index (χ3v) is 10.2. The molecule has 0 bridgehead atoms. The van der Waals surface area contributed by atoms with Crippen LogP contribution in [0.1, 0.15) is 109 Å². The van der Waals surface area contributed by atoms with Gasteiger partial charge in [-0.15, -0.1) is 45.3 Å². The van der Waals surface area contributed by atoms with Crippen LogP contribution < -0.4 is 5.73 Å². The summed E-state index contributed by atoms with van der Waals surface area (Å²) in [6.45, 7) is 6.42. The average molecular weight is 755 g/mol. The fourth-order valence-corrected chi connectivity index (χ4v) is 6.28. The molecule has 0 fully saturated rings. The zero-order valence-electron chi connectivity index (χ0n) is 26.9. The number of nitrogens with zero attached hydrogens (tertiary/aromatic N) is 1. The summed E-state index contributed by atoms with van der Waals surface area (Å²) in [5.74, 6) is -2.18. The van der Waals surface area contributed by atoms with E-state index >= 15 is 0 Å². The number of esters is 3. The quantitative estimate of drug-likeness (QED) is 0.0404. The van der Waals surface area contributed by atoms with E-state index in [4.69, 9.17) is 16.0 Å². The predicted octanol–water partition coefficient (Wildman–Crippen LogP) is 7.31. The minimum Gasteiger partial charge on any atom is -0.477 e. The zero-order valence-corrected chi connectivity index (χ0v) is 30.2. The first kappa shape index (κ1) is 44.5. The summed E-state index contributed by atoms with van der Waals surface area (Å²) in [7, 11) is 4.01. The number of carbonyl (C=O) groups is 6. The van der Waals surface area contributed by atoms with Gasteiger partial charge in [0.1, 0.15) is 19.5 Å². The Bertz CT molecular complexity index is 1720. The Morgan fingerprint density at radius 2 is 0.939 bits per heavy atom. The van der Waals surface area contributed by atoms with Crippen LogP contribution in [-0.4, -0.2) is 72.8 Å². The Morgan fingerprint density at radius 1 is 0.612 bits per heavy atom. The molecule has 0 aromatic carbocycles. The molecule has 13 nitrogen and oxygen atoms in total. The van der Waals surface area contributed by atoms with Crippen LogP contribution in [0.2, 0.25) is 0 Å². The van der Waals surface area contributed by atoms with E-state index in [1.165, 1.54) is 70.0 Å². The molecule has 0 saturated carbocycles. The van der Waals surface area contributed by atoms with Crippen molar-refractivity contribution in [3.05, 3.63) is 87.5 Å². The molecule has 0 radical (unpaired) electrons. The molecule has 0 aliphatic rings. The van der Waals surface area contributed by atoms with Gasteiger partial charge in [0.2, 0.25) is 0 Å². The SMILES string of the molecule is C.CC(=O)c1ccc(C(=O)O)s1.COC(=O)c1ccc(C(C)=NO)s1.COC(=O)c1ccc(C(C)=O)s1.COC(=O)c1ccc(C(C)N)s1. The fraction of sp³-hybridized carbons (Fsp3) is 0.281. The summed E-state index contributed by atoms with van der Waals surface area (Å²) in [6, 6.07) is 13.1. The Balaban J connectivity index is 0.000000624. The Morgan fingerprint density at radius 3 is 1.24 bits per heavy atom. The van der Waals surface area contributed by atoms with Crippen LogP contribution in [0.15, 0.2) is 53.7 Å². The van der Waals surface area contributed by atoms with Gasteiger partial charge in [-0.2, -0.15) is 0 Å². The van der Waals surface area contributed by atoms with Crippen LogP contribution in [0.4, 0.5) is 0 Å². The third kappa shape index (κ3) is 14.6. The normalized spacial score (nSPS) is 10.6. The molecule has 1 atom stereocenters. The van der Waals surface area contributed by atoms with Crippen molar-refractivity contribution >= 4 is 86.5 Å². The molecule has 4 N–H and O–H groups in total. The lowest BCUT2D eigenvalue weighted by Crippen LogP contribution is -2.02. The van der Waals surface area contributed by atoms with Gasteiger partial charge in [0, 0.05) is 10.9 Å². The number of carbonyl (C=O) groups excluding carboxylic acids is 5. The number of oxime groups is 1. The molecular weight excluding hydrogens is 717 g/mol. The molecule has 4 aromatic heterocycles. The van der Waals surface area contributed by atoms with Crippen molar-refractivity contribution in [3.8, 4) is 0 Å². The molecule has 0 saturated heterocycles. The topological polar surface area (TPSA) is 209 Å². The minimum atomic E-state index is -0.984. The Kier molecular flexibility index (Phi) is 20.1. The summed E-state index contributed by atoms with van der Waals surface area (Å²) >= 11 is 4.76. The molecule has 4 heterocycles. The number of methoxy groups -OCH3 is 3. The van der Waals surface area contributed by atoms with Crippen molar-refractivity contribution in [2.24, 2.45) is 10.9 Å². The van der Waals surface area contributed by atoms with Gasteiger partial charge in [-0.1, -0.05) is 12.6 Å². The van der Waals surface area contributed by atoms with Crippen LogP contribution in [0, 0.1) is 0 Å². The monoisotopic (exact) mass is 754 g/mol. The molecule has 0 amide bonds. The van der Waals surface area contributed by atoms with Gasteiger partial charge in [0.05, 0.1) is 41.7 Å². The first-order chi connectivity index (χ1) is 22.6. The van der Waals surface area contributed by atoms with Gasteiger partial charge in [0.25, 0.3) is 0 Å². The van der Waals surface area contributed by atoms with Gasteiger partial charge in [-0.25, -0.2) is 19.2 Å². The van der Waals surface area contributed by atoms with Crippen LogP contribution in [0.5, 0.6) is 0 Å². The number of ether oxygens (including phenoxy) is 3. The maximum Gasteiger partial charge on any atom is 0.348 e. The van der Waals surface area contributed by atoms with E-state index in [0.29, 0.717) is 30.1 Å². The predicted molar refractivity (Wildman–Crippen MR) is 192 cm³/mol. The van der Waals surface area contributed by atoms with E-state index in [2.05, 4.69) is 19.4 Å². The van der Waals surface area contributed by atoms with E-state index in [9.17, 15) is 28.8 Å². The average Bonchev–Trinajstić information content (AvgIpc) is 3.89. The van der Waals surface area contributed by atoms with Crippen molar-refractivity contribution in [3.63, 3.8) is 0 Å². The third-order valence-electron chi connectivity index (χ3n) is 5.46. The highest BCUT2D eigenvalue weighted by molar-refractivity contribution is 7.16. The highest BCUT2D eigenvalue weighted by atomic mass is 32.1. The van der Waals surface area contributed by atoms with Crippen LogP contribution >= 0.6 is 45.3 Å². The molecule has 0 aliphatic carbocycles. The van der Waals surface area contributed by atoms with E-state index in [0.717, 1.165) is 32.4 Å². The largest absolute Gasteiger partial charge is 0.477 e. The molecule has 1 unspecified atom stereocenters. The van der Waals surface area contributed by atoms with Gasteiger partial charge >= 0.3 is 23.9 Å².